The zero-order valence-corrected chi connectivity index (χ0v) is 18.5. The molecule has 166 valence electrons. The fraction of sp³-hybridized carbons (Fsp3) is 0.333. The molecule has 7 heteroatoms. The summed E-state index contributed by atoms with van der Waals surface area (Å²) in [5.74, 6) is -0.659. The predicted octanol–water partition coefficient (Wildman–Crippen LogP) is 3.49. The highest BCUT2D eigenvalue weighted by atomic mass is 16.6. The number of esters is 1. The maximum atomic E-state index is 12.7. The molecule has 0 aliphatic carbocycles. The molecule has 0 saturated heterocycles. The second-order valence-electron chi connectivity index (χ2n) is 7.89. The van der Waals surface area contributed by atoms with E-state index in [9.17, 15) is 14.7 Å². The number of carbonyl (C=O) groups is 2. The Labute approximate surface area is 182 Å². The third kappa shape index (κ3) is 7.37. The normalized spacial score (nSPS) is 12.3. The van der Waals surface area contributed by atoms with Gasteiger partial charge < -0.3 is 24.6 Å². The molecule has 2 N–H and O–H groups in total. The lowest BCUT2D eigenvalue weighted by Crippen LogP contribution is -2.45. The maximum absolute atomic E-state index is 12.7. The third-order valence-corrected chi connectivity index (χ3v) is 4.22. The minimum absolute atomic E-state index is 0.126. The van der Waals surface area contributed by atoms with Crippen molar-refractivity contribution < 1.29 is 28.9 Å². The molecule has 0 heterocycles. The summed E-state index contributed by atoms with van der Waals surface area (Å²) in [6.07, 6.45) is 3.14. The largest absolute Gasteiger partial charge is 0.502 e. The molecule has 2 aromatic rings. The van der Waals surface area contributed by atoms with Gasteiger partial charge in [0.2, 0.25) is 11.7 Å². The quantitative estimate of drug-likeness (QED) is 0.495. The number of phenols is 1. The number of benzene rings is 2. The van der Waals surface area contributed by atoms with Crippen LogP contribution in [0.3, 0.4) is 0 Å². The molecule has 0 radical (unpaired) electrons. The van der Waals surface area contributed by atoms with Crippen LogP contribution in [0, 0.1) is 0 Å². The zero-order chi connectivity index (χ0) is 23.0. The summed E-state index contributed by atoms with van der Waals surface area (Å²) in [6.45, 7) is 5.33. The number of carbonyl (C=O) groups excluding carboxylic acids is 2. The van der Waals surface area contributed by atoms with Crippen molar-refractivity contribution in [2.75, 3.05) is 14.2 Å². The molecular weight excluding hydrogens is 398 g/mol. The number of aromatic hydroxyl groups is 1. The van der Waals surface area contributed by atoms with E-state index in [2.05, 4.69) is 5.32 Å². The molecule has 2 rings (SSSR count). The Hall–Kier alpha value is -3.48. The molecule has 2 aromatic carbocycles. The number of phenolic OH excluding ortho intramolecular Hbond substituents is 1. The highest BCUT2D eigenvalue weighted by Gasteiger charge is 2.26. The number of rotatable bonds is 8. The summed E-state index contributed by atoms with van der Waals surface area (Å²) in [4.78, 5) is 25.2. The second-order valence-corrected chi connectivity index (χ2v) is 7.89. The van der Waals surface area contributed by atoms with Crippen LogP contribution in [-0.2, 0) is 20.7 Å². The van der Waals surface area contributed by atoms with Crippen LogP contribution < -0.4 is 14.8 Å². The molecule has 0 spiro atoms. The number of ether oxygens (including phenoxy) is 3. The van der Waals surface area contributed by atoms with Crippen molar-refractivity contribution in [3.63, 3.8) is 0 Å². The van der Waals surface area contributed by atoms with Crippen molar-refractivity contribution in [3.8, 4) is 17.2 Å². The maximum Gasteiger partial charge on any atom is 0.329 e. The summed E-state index contributed by atoms with van der Waals surface area (Å²) >= 11 is 0. The number of hydrogen-bond donors (Lipinski definition) is 2. The van der Waals surface area contributed by atoms with Crippen molar-refractivity contribution in [3.05, 3.63) is 59.7 Å². The van der Waals surface area contributed by atoms with E-state index in [-0.39, 0.29) is 17.2 Å². The summed E-state index contributed by atoms with van der Waals surface area (Å²) < 4.78 is 15.7. The lowest BCUT2D eigenvalue weighted by atomic mass is 10.1. The molecule has 1 atom stereocenters. The van der Waals surface area contributed by atoms with Gasteiger partial charge in [0.1, 0.15) is 11.6 Å². The number of amides is 1. The van der Waals surface area contributed by atoms with E-state index in [1.54, 1.807) is 32.9 Å². The molecule has 0 fully saturated rings. The van der Waals surface area contributed by atoms with E-state index < -0.39 is 23.5 Å². The summed E-state index contributed by atoms with van der Waals surface area (Å²) in [5.41, 5.74) is 0.806. The van der Waals surface area contributed by atoms with E-state index >= 15 is 0 Å². The van der Waals surface area contributed by atoms with Crippen LogP contribution in [0.2, 0.25) is 0 Å². The standard InChI is InChI=1S/C24H29NO6/c1-24(2,3)31-23(28)18(13-16-9-7-6-8-10-16)25-21(26)12-11-17-14-19(29-4)22(27)20(15-17)30-5/h6-12,14-15,18,27H,13H2,1-5H3,(H,25,26)/b12-11+/t18-/m0/s1. The first-order valence-electron chi connectivity index (χ1n) is 9.83. The Morgan fingerprint density at radius 2 is 1.65 bits per heavy atom. The average Bonchev–Trinajstić information content (AvgIpc) is 2.72. The minimum atomic E-state index is -0.845. The molecular formula is C24H29NO6. The average molecular weight is 427 g/mol. The Kier molecular flexibility index (Phi) is 8.07. The zero-order valence-electron chi connectivity index (χ0n) is 18.5. The van der Waals surface area contributed by atoms with Crippen molar-refractivity contribution in [1.29, 1.82) is 0 Å². The van der Waals surface area contributed by atoms with Crippen molar-refractivity contribution in [1.82, 2.24) is 5.32 Å². The van der Waals surface area contributed by atoms with Gasteiger partial charge >= 0.3 is 5.97 Å². The summed E-state index contributed by atoms with van der Waals surface area (Å²) in [6, 6.07) is 11.7. The van der Waals surface area contributed by atoms with Gasteiger partial charge in [-0.2, -0.15) is 0 Å². The van der Waals surface area contributed by atoms with E-state index in [1.807, 2.05) is 30.3 Å². The molecule has 0 unspecified atom stereocenters. The highest BCUT2D eigenvalue weighted by molar-refractivity contribution is 5.94. The summed E-state index contributed by atoms with van der Waals surface area (Å²) in [7, 11) is 2.84. The number of methoxy groups -OCH3 is 2. The Bertz CT molecular complexity index is 906. The predicted molar refractivity (Wildman–Crippen MR) is 118 cm³/mol. The van der Waals surface area contributed by atoms with Crippen LogP contribution in [0.5, 0.6) is 17.2 Å². The molecule has 0 bridgehead atoms. The van der Waals surface area contributed by atoms with Crippen LogP contribution in [0.4, 0.5) is 0 Å². The van der Waals surface area contributed by atoms with Crippen LogP contribution in [0.25, 0.3) is 6.08 Å². The van der Waals surface area contributed by atoms with Gasteiger partial charge in [0.25, 0.3) is 0 Å². The lowest BCUT2D eigenvalue weighted by Gasteiger charge is -2.24. The Balaban J connectivity index is 2.18. The van der Waals surface area contributed by atoms with E-state index in [0.29, 0.717) is 12.0 Å². The van der Waals surface area contributed by atoms with E-state index in [4.69, 9.17) is 14.2 Å². The highest BCUT2D eigenvalue weighted by Crippen LogP contribution is 2.37. The van der Waals surface area contributed by atoms with Gasteiger partial charge in [0.05, 0.1) is 14.2 Å². The van der Waals surface area contributed by atoms with Crippen LogP contribution in [0.1, 0.15) is 31.9 Å². The first-order chi connectivity index (χ1) is 14.6. The Morgan fingerprint density at radius 3 is 2.16 bits per heavy atom. The molecule has 0 aromatic heterocycles. The molecule has 0 aliphatic rings. The van der Waals surface area contributed by atoms with Crippen molar-refractivity contribution in [2.24, 2.45) is 0 Å². The minimum Gasteiger partial charge on any atom is -0.502 e. The van der Waals surface area contributed by atoms with Crippen molar-refractivity contribution >= 4 is 18.0 Å². The van der Waals surface area contributed by atoms with Gasteiger partial charge in [-0.05, 0) is 50.1 Å². The van der Waals surface area contributed by atoms with Gasteiger partial charge in [-0.25, -0.2) is 4.79 Å². The summed E-state index contributed by atoms with van der Waals surface area (Å²) in [5, 5.41) is 12.7. The van der Waals surface area contributed by atoms with Gasteiger partial charge in [0.15, 0.2) is 11.5 Å². The van der Waals surface area contributed by atoms with Crippen LogP contribution in [0.15, 0.2) is 48.5 Å². The fourth-order valence-corrected chi connectivity index (χ4v) is 2.82. The second kappa shape index (κ2) is 10.5. The van der Waals surface area contributed by atoms with Gasteiger partial charge in [-0.3, -0.25) is 4.79 Å². The topological polar surface area (TPSA) is 94.1 Å². The lowest BCUT2D eigenvalue weighted by molar-refractivity contribution is -0.158. The van der Waals surface area contributed by atoms with Gasteiger partial charge in [-0.15, -0.1) is 0 Å². The van der Waals surface area contributed by atoms with Crippen molar-refractivity contribution in [2.45, 2.75) is 38.8 Å². The first kappa shape index (κ1) is 23.8. The van der Waals surface area contributed by atoms with Gasteiger partial charge in [-0.1, -0.05) is 30.3 Å². The number of hydrogen-bond acceptors (Lipinski definition) is 6. The monoisotopic (exact) mass is 427 g/mol. The van der Waals surface area contributed by atoms with Crippen LogP contribution in [-0.4, -0.2) is 42.8 Å². The van der Waals surface area contributed by atoms with E-state index in [0.717, 1.165) is 5.56 Å². The molecule has 0 aliphatic heterocycles. The Morgan fingerprint density at radius 1 is 1.06 bits per heavy atom. The first-order valence-corrected chi connectivity index (χ1v) is 9.83. The van der Waals surface area contributed by atoms with E-state index in [1.165, 1.54) is 26.4 Å². The SMILES string of the molecule is COc1cc(/C=C/C(=O)N[C@@H](Cc2ccccc2)C(=O)OC(C)(C)C)cc(OC)c1O. The molecule has 1 amide bonds. The fourth-order valence-electron chi connectivity index (χ4n) is 2.82. The van der Waals surface area contributed by atoms with Gasteiger partial charge in [0, 0.05) is 12.5 Å². The molecule has 31 heavy (non-hydrogen) atoms. The molecule has 0 saturated carbocycles. The third-order valence-electron chi connectivity index (χ3n) is 4.22. The van der Waals surface area contributed by atoms with Crippen LogP contribution >= 0.6 is 0 Å². The number of nitrogens with one attached hydrogen (secondary N) is 1. The smallest absolute Gasteiger partial charge is 0.329 e. The molecule has 7 nitrogen and oxygen atoms in total.